The van der Waals surface area contributed by atoms with Crippen LogP contribution < -0.4 is 5.73 Å². The largest absolute Gasteiger partial charge is 0.332 e. The number of nitrogens with zero attached hydrogens (tertiary/aromatic N) is 2. The van der Waals surface area contributed by atoms with E-state index in [2.05, 4.69) is 37.0 Å². The van der Waals surface area contributed by atoms with Crippen LogP contribution in [0.1, 0.15) is 45.9 Å². The van der Waals surface area contributed by atoms with Crippen LogP contribution in [-0.2, 0) is 0 Å². The monoisotopic (exact) mass is 369 g/mol. The van der Waals surface area contributed by atoms with E-state index in [1.807, 2.05) is 11.8 Å². The molecule has 1 aliphatic heterocycles. The van der Waals surface area contributed by atoms with Crippen molar-refractivity contribution in [2.24, 2.45) is 17.6 Å². The third-order valence-corrected chi connectivity index (χ3v) is 7.27. The van der Waals surface area contributed by atoms with E-state index in [0.717, 1.165) is 22.0 Å². The summed E-state index contributed by atoms with van der Waals surface area (Å²) in [5, 5.41) is 0.935. The number of aromatic nitrogens is 1. The first kappa shape index (κ1) is 17.7. The maximum atomic E-state index is 13.4. The summed E-state index contributed by atoms with van der Waals surface area (Å²) in [4.78, 5) is 21.1. The van der Waals surface area contributed by atoms with Gasteiger partial charge in [0.1, 0.15) is 5.69 Å². The van der Waals surface area contributed by atoms with Crippen molar-refractivity contribution >= 4 is 17.2 Å². The molecule has 0 spiro atoms. The van der Waals surface area contributed by atoms with Crippen molar-refractivity contribution < 1.29 is 4.79 Å². The topological polar surface area (TPSA) is 59.2 Å². The highest BCUT2D eigenvalue weighted by atomic mass is 32.1. The number of thiazole rings is 1. The van der Waals surface area contributed by atoms with Gasteiger partial charge in [-0.1, -0.05) is 24.6 Å². The Balaban J connectivity index is 1.70. The summed E-state index contributed by atoms with van der Waals surface area (Å²) in [6, 6.07) is 6.56. The van der Waals surface area contributed by atoms with Crippen molar-refractivity contribution in [1.29, 1.82) is 0 Å². The zero-order chi connectivity index (χ0) is 18.4. The van der Waals surface area contributed by atoms with Gasteiger partial charge in [-0.15, -0.1) is 11.3 Å². The molecule has 4 rings (SSSR count). The van der Waals surface area contributed by atoms with Crippen LogP contribution in [0, 0.1) is 32.6 Å². The number of hydrogen-bond donors (Lipinski definition) is 1. The van der Waals surface area contributed by atoms with Gasteiger partial charge in [-0.2, -0.15) is 0 Å². The number of amides is 1. The molecule has 1 saturated carbocycles. The molecule has 0 radical (unpaired) electrons. The standard InChI is InChI=1S/C21H27N3OS/c1-12-7-8-15(9-13(12)2)20-19(23-14(3)26-20)21(25)24-11-16-5-4-6-17(16)18(24)10-22/h7-9,16-18H,4-6,10-11,22H2,1-3H3/t16-,17-,18+/m0/s1. The van der Waals surface area contributed by atoms with Gasteiger partial charge in [-0.3, -0.25) is 4.79 Å². The zero-order valence-electron chi connectivity index (χ0n) is 15.8. The zero-order valence-corrected chi connectivity index (χ0v) is 16.6. The van der Waals surface area contributed by atoms with E-state index in [0.29, 0.717) is 24.1 Å². The number of hydrogen-bond acceptors (Lipinski definition) is 4. The highest BCUT2D eigenvalue weighted by molar-refractivity contribution is 7.15. The molecule has 1 amide bonds. The average Bonchev–Trinajstić information content (AvgIpc) is 3.30. The maximum absolute atomic E-state index is 13.4. The van der Waals surface area contributed by atoms with Gasteiger partial charge in [-0.25, -0.2) is 4.98 Å². The fourth-order valence-corrected chi connectivity index (χ4v) is 5.65. The highest BCUT2D eigenvalue weighted by Gasteiger charge is 2.46. The molecule has 1 aliphatic carbocycles. The highest BCUT2D eigenvalue weighted by Crippen LogP contribution is 2.43. The number of carbonyl (C=O) groups is 1. The first-order valence-electron chi connectivity index (χ1n) is 9.55. The Bertz CT molecular complexity index is 844. The smallest absolute Gasteiger partial charge is 0.274 e. The summed E-state index contributed by atoms with van der Waals surface area (Å²) in [6.45, 7) is 7.59. The minimum absolute atomic E-state index is 0.0624. The minimum atomic E-state index is 0.0624. The second-order valence-corrected chi connectivity index (χ2v) is 9.03. The van der Waals surface area contributed by atoms with Gasteiger partial charge >= 0.3 is 0 Å². The van der Waals surface area contributed by atoms with Gasteiger partial charge in [0.15, 0.2) is 0 Å². The van der Waals surface area contributed by atoms with Crippen LogP contribution in [0.15, 0.2) is 18.2 Å². The van der Waals surface area contributed by atoms with Gasteiger partial charge in [-0.05, 0) is 62.1 Å². The van der Waals surface area contributed by atoms with E-state index in [1.165, 1.54) is 30.4 Å². The summed E-state index contributed by atoms with van der Waals surface area (Å²) in [6.07, 6.45) is 3.71. The first-order chi connectivity index (χ1) is 12.5. The van der Waals surface area contributed by atoms with E-state index in [4.69, 9.17) is 5.73 Å². The molecule has 2 fully saturated rings. The molecular formula is C21H27N3OS. The minimum Gasteiger partial charge on any atom is -0.332 e. The summed E-state index contributed by atoms with van der Waals surface area (Å²) in [5.74, 6) is 1.26. The summed E-state index contributed by atoms with van der Waals surface area (Å²) in [5.41, 5.74) is 10.3. The predicted octanol–water partition coefficient (Wildman–Crippen LogP) is 3.93. The molecule has 3 atom stereocenters. The summed E-state index contributed by atoms with van der Waals surface area (Å²) < 4.78 is 0. The number of benzene rings is 1. The van der Waals surface area contributed by atoms with Crippen LogP contribution in [0.3, 0.4) is 0 Å². The SMILES string of the molecule is Cc1nc(C(=O)N2C[C@@H]3CCC[C@@H]3[C@H]2CN)c(-c2ccc(C)c(C)c2)s1. The van der Waals surface area contributed by atoms with Crippen molar-refractivity contribution in [1.82, 2.24) is 9.88 Å². The number of fused-ring (bicyclic) bond motifs is 1. The van der Waals surface area contributed by atoms with E-state index in [9.17, 15) is 4.79 Å². The van der Waals surface area contributed by atoms with E-state index in [-0.39, 0.29) is 11.9 Å². The summed E-state index contributed by atoms with van der Waals surface area (Å²) in [7, 11) is 0. The number of rotatable bonds is 3. The Kier molecular flexibility index (Phi) is 4.61. The molecule has 2 aromatic rings. The van der Waals surface area contributed by atoms with Crippen molar-refractivity contribution in [3.05, 3.63) is 40.0 Å². The molecule has 138 valence electrons. The fraction of sp³-hybridized carbons (Fsp3) is 0.524. The third-order valence-electron chi connectivity index (χ3n) is 6.25. The van der Waals surface area contributed by atoms with Crippen LogP contribution in [0.2, 0.25) is 0 Å². The Labute approximate surface area is 159 Å². The van der Waals surface area contributed by atoms with Crippen molar-refractivity contribution in [2.75, 3.05) is 13.1 Å². The van der Waals surface area contributed by atoms with E-state index < -0.39 is 0 Å². The van der Waals surface area contributed by atoms with E-state index >= 15 is 0 Å². The molecule has 0 unspecified atom stereocenters. The van der Waals surface area contributed by atoms with Gasteiger partial charge in [0, 0.05) is 19.1 Å². The van der Waals surface area contributed by atoms with Crippen LogP contribution in [-0.4, -0.2) is 34.9 Å². The molecule has 2 N–H and O–H groups in total. The lowest BCUT2D eigenvalue weighted by Gasteiger charge is -2.26. The number of likely N-dealkylation sites (tertiary alicyclic amines) is 1. The normalized spacial score (nSPS) is 24.9. The van der Waals surface area contributed by atoms with Crippen molar-refractivity contribution in [2.45, 2.75) is 46.1 Å². The lowest BCUT2D eigenvalue weighted by molar-refractivity contribution is 0.0714. The fourth-order valence-electron chi connectivity index (χ4n) is 4.74. The number of nitrogens with two attached hydrogens (primary N) is 1. The predicted molar refractivity (Wildman–Crippen MR) is 106 cm³/mol. The average molecular weight is 370 g/mol. The molecule has 0 bridgehead atoms. The Morgan fingerprint density at radius 1 is 1.27 bits per heavy atom. The molecular weight excluding hydrogens is 342 g/mol. The lowest BCUT2D eigenvalue weighted by atomic mass is 9.94. The van der Waals surface area contributed by atoms with Crippen molar-refractivity contribution in [3.63, 3.8) is 0 Å². The quantitative estimate of drug-likeness (QED) is 0.892. The van der Waals surface area contributed by atoms with Gasteiger partial charge < -0.3 is 10.6 Å². The molecule has 1 aromatic carbocycles. The third kappa shape index (κ3) is 2.87. The second-order valence-electron chi connectivity index (χ2n) is 7.83. The Hall–Kier alpha value is -1.72. The molecule has 1 aromatic heterocycles. The van der Waals surface area contributed by atoms with Crippen molar-refractivity contribution in [3.8, 4) is 10.4 Å². The Morgan fingerprint density at radius 2 is 2.08 bits per heavy atom. The van der Waals surface area contributed by atoms with Crippen LogP contribution in [0.25, 0.3) is 10.4 Å². The van der Waals surface area contributed by atoms with Crippen LogP contribution >= 0.6 is 11.3 Å². The van der Waals surface area contributed by atoms with E-state index in [1.54, 1.807) is 11.3 Å². The molecule has 26 heavy (non-hydrogen) atoms. The molecule has 2 heterocycles. The van der Waals surface area contributed by atoms with Gasteiger partial charge in [0.25, 0.3) is 5.91 Å². The van der Waals surface area contributed by atoms with Crippen LogP contribution in [0.5, 0.6) is 0 Å². The summed E-state index contributed by atoms with van der Waals surface area (Å²) >= 11 is 1.61. The number of aryl methyl sites for hydroxylation is 3. The molecule has 4 nitrogen and oxygen atoms in total. The van der Waals surface area contributed by atoms with Gasteiger partial charge in [0.2, 0.25) is 0 Å². The molecule has 1 saturated heterocycles. The van der Waals surface area contributed by atoms with Crippen LogP contribution in [0.4, 0.5) is 0 Å². The maximum Gasteiger partial charge on any atom is 0.274 e. The first-order valence-corrected chi connectivity index (χ1v) is 10.4. The lowest BCUT2D eigenvalue weighted by Crippen LogP contribution is -2.43. The van der Waals surface area contributed by atoms with Gasteiger partial charge in [0.05, 0.1) is 9.88 Å². The molecule has 5 heteroatoms. The Morgan fingerprint density at radius 3 is 2.81 bits per heavy atom. The number of carbonyl (C=O) groups excluding carboxylic acids is 1. The second kappa shape index (κ2) is 6.78. The molecule has 2 aliphatic rings.